The number of ether oxygens (including phenoxy) is 2. The lowest BCUT2D eigenvalue weighted by Gasteiger charge is -2.32. The number of hydrogen-bond acceptors (Lipinski definition) is 6. The Balaban J connectivity index is 0.000000196. The van der Waals surface area contributed by atoms with Gasteiger partial charge in [0, 0.05) is 7.05 Å². The van der Waals surface area contributed by atoms with E-state index in [2.05, 4.69) is 5.32 Å². The Bertz CT molecular complexity index is 1120. The molecule has 2 atom stereocenters. The van der Waals surface area contributed by atoms with Gasteiger partial charge in [-0.25, -0.2) is 4.79 Å². The van der Waals surface area contributed by atoms with E-state index >= 15 is 0 Å². The van der Waals surface area contributed by atoms with E-state index in [0.717, 1.165) is 30.3 Å². The molecular weight excluding hydrogens is 486 g/mol. The van der Waals surface area contributed by atoms with Crippen molar-refractivity contribution in [3.63, 3.8) is 0 Å². The van der Waals surface area contributed by atoms with Crippen LogP contribution < -0.4 is 19.7 Å². The molecule has 0 saturated heterocycles. The molecule has 2 heterocycles. The van der Waals surface area contributed by atoms with Crippen molar-refractivity contribution in [1.82, 2.24) is 0 Å². The zero-order valence-corrected chi connectivity index (χ0v) is 18.3. The fourth-order valence-corrected chi connectivity index (χ4v) is 3.33. The van der Waals surface area contributed by atoms with Crippen LogP contribution in [0.25, 0.3) is 0 Å². The van der Waals surface area contributed by atoms with Gasteiger partial charge in [-0.05, 0) is 43.3 Å². The molecule has 2 aliphatic heterocycles. The Labute approximate surface area is 195 Å². The molecule has 190 valence electrons. The van der Waals surface area contributed by atoms with Gasteiger partial charge in [-0.15, -0.1) is 0 Å². The van der Waals surface area contributed by atoms with Crippen LogP contribution in [0.4, 0.5) is 37.7 Å². The Morgan fingerprint density at radius 1 is 0.943 bits per heavy atom. The van der Waals surface area contributed by atoms with Gasteiger partial charge in [-0.1, -0.05) is 0 Å². The normalized spacial score (nSPS) is 19.0. The number of likely N-dealkylation sites (N-methyl/N-ethyl adjacent to an activating group) is 1. The van der Waals surface area contributed by atoms with E-state index in [9.17, 15) is 35.9 Å². The summed E-state index contributed by atoms with van der Waals surface area (Å²) in [5.41, 5.74) is -1.03. The number of benzene rings is 2. The molecule has 0 bridgehead atoms. The summed E-state index contributed by atoms with van der Waals surface area (Å²) in [7, 11) is 1.53. The summed E-state index contributed by atoms with van der Waals surface area (Å²) >= 11 is 0. The van der Waals surface area contributed by atoms with E-state index in [-0.39, 0.29) is 41.7 Å². The van der Waals surface area contributed by atoms with Gasteiger partial charge in [-0.2, -0.15) is 26.3 Å². The maximum absolute atomic E-state index is 12.5. The van der Waals surface area contributed by atoms with Crippen molar-refractivity contribution in [1.29, 1.82) is 0 Å². The third kappa shape index (κ3) is 6.08. The number of ketones is 1. The molecule has 0 saturated carbocycles. The number of Topliss-reactive ketones (excluding diaryl/α,β-unsaturated/α-hetero) is 1. The second-order valence-corrected chi connectivity index (χ2v) is 7.81. The van der Waals surface area contributed by atoms with Crippen LogP contribution in [0.15, 0.2) is 36.4 Å². The first-order valence-corrected chi connectivity index (χ1v) is 10.1. The van der Waals surface area contributed by atoms with Crippen molar-refractivity contribution in [2.24, 2.45) is 0 Å². The van der Waals surface area contributed by atoms with Crippen molar-refractivity contribution >= 4 is 23.1 Å². The number of hydrogen-bond donors (Lipinski definition) is 2. The van der Waals surface area contributed by atoms with Crippen LogP contribution in [0.1, 0.15) is 18.1 Å². The molecule has 2 aromatic rings. The number of halogens is 6. The first-order chi connectivity index (χ1) is 16.2. The molecule has 2 aliphatic rings. The Morgan fingerprint density at radius 3 is 2.03 bits per heavy atom. The second-order valence-electron chi connectivity index (χ2n) is 7.81. The second kappa shape index (κ2) is 9.55. The maximum Gasteiger partial charge on any atom is 0.416 e. The summed E-state index contributed by atoms with van der Waals surface area (Å²) in [6.07, 6.45) is -10.5. The van der Waals surface area contributed by atoms with Crippen molar-refractivity contribution < 1.29 is 50.5 Å². The van der Waals surface area contributed by atoms with E-state index in [1.165, 1.54) is 24.9 Å². The van der Waals surface area contributed by atoms with Gasteiger partial charge in [0.05, 0.1) is 35.6 Å². The molecule has 0 aromatic heterocycles. The summed E-state index contributed by atoms with van der Waals surface area (Å²) in [5, 5.41) is 11.6. The average Bonchev–Trinajstić information content (AvgIpc) is 2.77. The number of nitrogens with zero attached hydrogens (tertiary/aromatic N) is 1. The number of alkyl halides is 6. The Hall–Kier alpha value is -3.64. The molecule has 2 unspecified atom stereocenters. The standard InChI is InChI=1S/C11H10F3NO3.C11H10F3NO2/c1-15-5-9(10(16)17)18-8-3-2-6(4-7(8)15)11(12,13)14;1-6(16)10-5-15-8-4-7(11(12,13)14)2-3-9(8)17-10/h2-4,9H,5H2,1H3,(H,16,17);2-4,10,15H,5H2,1H3. The summed E-state index contributed by atoms with van der Waals surface area (Å²) in [5.74, 6) is -0.899. The van der Waals surface area contributed by atoms with E-state index in [4.69, 9.17) is 14.6 Å². The third-order valence-corrected chi connectivity index (χ3v) is 5.19. The van der Waals surface area contributed by atoms with Crippen molar-refractivity contribution in [2.45, 2.75) is 31.5 Å². The Kier molecular flexibility index (Phi) is 7.08. The zero-order chi connectivity index (χ0) is 26.1. The van der Waals surface area contributed by atoms with Crippen molar-refractivity contribution in [3.8, 4) is 11.5 Å². The highest BCUT2D eigenvalue weighted by Gasteiger charge is 2.35. The highest BCUT2D eigenvalue weighted by molar-refractivity contribution is 5.82. The van der Waals surface area contributed by atoms with Gasteiger partial charge in [0.15, 0.2) is 11.9 Å². The predicted molar refractivity (Wildman–Crippen MR) is 112 cm³/mol. The SMILES string of the molecule is CC(=O)C1CNc2cc(C(F)(F)F)ccc2O1.CN1CC(C(=O)O)Oc2ccc(C(F)(F)F)cc21. The molecule has 35 heavy (non-hydrogen) atoms. The molecule has 2 N–H and O–H groups in total. The van der Waals surface area contributed by atoms with Crippen LogP contribution in [0.2, 0.25) is 0 Å². The summed E-state index contributed by atoms with van der Waals surface area (Å²) < 4.78 is 85.3. The summed E-state index contributed by atoms with van der Waals surface area (Å²) in [6.45, 7) is 1.56. The van der Waals surface area contributed by atoms with Crippen LogP contribution >= 0.6 is 0 Å². The molecular formula is C22H20F6N2O5. The number of anilines is 2. The molecule has 2 aromatic carbocycles. The molecule has 0 aliphatic carbocycles. The first-order valence-electron chi connectivity index (χ1n) is 10.1. The van der Waals surface area contributed by atoms with E-state index < -0.39 is 41.7 Å². The van der Waals surface area contributed by atoms with Gasteiger partial charge >= 0.3 is 18.3 Å². The average molecular weight is 506 g/mol. The van der Waals surface area contributed by atoms with Crippen LogP contribution in [-0.4, -0.2) is 49.2 Å². The highest BCUT2D eigenvalue weighted by atomic mass is 19.4. The Morgan fingerprint density at radius 2 is 1.49 bits per heavy atom. The third-order valence-electron chi connectivity index (χ3n) is 5.19. The van der Waals surface area contributed by atoms with Gasteiger partial charge < -0.3 is 24.8 Å². The van der Waals surface area contributed by atoms with Crippen molar-refractivity contribution in [3.05, 3.63) is 47.5 Å². The number of fused-ring (bicyclic) bond motifs is 2. The molecule has 7 nitrogen and oxygen atoms in total. The fourth-order valence-electron chi connectivity index (χ4n) is 3.33. The minimum Gasteiger partial charge on any atom is -0.479 e. The van der Waals surface area contributed by atoms with Gasteiger partial charge in [0.1, 0.15) is 11.5 Å². The summed E-state index contributed by atoms with van der Waals surface area (Å²) in [6, 6.07) is 6.10. The molecule has 0 fully saturated rings. The van der Waals surface area contributed by atoms with Crippen LogP contribution in [0, 0.1) is 0 Å². The lowest BCUT2D eigenvalue weighted by atomic mass is 10.1. The number of carbonyl (C=O) groups is 2. The number of nitrogens with one attached hydrogen (secondary N) is 1. The molecule has 4 rings (SSSR count). The molecule has 0 radical (unpaired) electrons. The predicted octanol–water partition coefficient (Wildman–Crippen LogP) is 4.45. The summed E-state index contributed by atoms with van der Waals surface area (Å²) in [4.78, 5) is 23.3. The van der Waals surface area contributed by atoms with Gasteiger partial charge in [0.2, 0.25) is 6.10 Å². The zero-order valence-electron chi connectivity index (χ0n) is 18.3. The first kappa shape index (κ1) is 26.0. The topological polar surface area (TPSA) is 88.1 Å². The number of carbonyl (C=O) groups excluding carboxylic acids is 1. The molecule has 0 spiro atoms. The molecule has 13 heteroatoms. The highest BCUT2D eigenvalue weighted by Crippen LogP contribution is 2.39. The smallest absolute Gasteiger partial charge is 0.416 e. The minimum absolute atomic E-state index is 0.00361. The van der Waals surface area contributed by atoms with E-state index in [1.807, 2.05) is 0 Å². The monoisotopic (exact) mass is 506 g/mol. The van der Waals surface area contributed by atoms with Crippen molar-refractivity contribution in [2.75, 3.05) is 30.4 Å². The van der Waals surface area contributed by atoms with Crippen LogP contribution in [-0.2, 0) is 21.9 Å². The number of carboxylic acids is 1. The largest absolute Gasteiger partial charge is 0.479 e. The molecule has 0 amide bonds. The van der Waals surface area contributed by atoms with E-state index in [1.54, 1.807) is 0 Å². The quantitative estimate of drug-likeness (QED) is 0.582. The van der Waals surface area contributed by atoms with Crippen LogP contribution in [0.5, 0.6) is 11.5 Å². The number of rotatable bonds is 2. The lowest BCUT2D eigenvalue weighted by Crippen LogP contribution is -2.42. The number of carboxylic acid groups (broad SMARTS) is 1. The fraction of sp³-hybridized carbons (Fsp3) is 0.364. The maximum atomic E-state index is 12.5. The minimum atomic E-state index is -4.43. The van der Waals surface area contributed by atoms with Gasteiger partial charge in [0.25, 0.3) is 0 Å². The number of aliphatic carboxylic acids is 1. The van der Waals surface area contributed by atoms with Crippen LogP contribution in [0.3, 0.4) is 0 Å². The van der Waals surface area contributed by atoms with E-state index in [0.29, 0.717) is 0 Å². The van der Waals surface area contributed by atoms with Gasteiger partial charge in [-0.3, -0.25) is 4.79 Å². The lowest BCUT2D eigenvalue weighted by molar-refractivity contribution is -0.145.